The average Bonchev–Trinajstić information content (AvgIpc) is 2.97. The van der Waals surface area contributed by atoms with E-state index in [1.165, 1.54) is 11.1 Å². The van der Waals surface area contributed by atoms with Crippen molar-refractivity contribution in [2.75, 3.05) is 46.1 Å². The highest BCUT2D eigenvalue weighted by Crippen LogP contribution is 2.38. The summed E-state index contributed by atoms with van der Waals surface area (Å²) in [5.74, 6) is 1.42. The van der Waals surface area contributed by atoms with E-state index in [0.717, 1.165) is 38.3 Å². The Morgan fingerprint density at radius 1 is 1.07 bits per heavy atom. The van der Waals surface area contributed by atoms with E-state index in [-0.39, 0.29) is 31.2 Å². The van der Waals surface area contributed by atoms with Crippen LogP contribution in [0.5, 0.6) is 0 Å². The van der Waals surface area contributed by atoms with Gasteiger partial charge in [-0.05, 0) is 73.9 Å². The molecule has 2 aromatic carbocycles. The fourth-order valence-corrected chi connectivity index (χ4v) is 5.27. The van der Waals surface area contributed by atoms with Crippen LogP contribution in [0, 0.1) is 23.7 Å². The maximum atomic E-state index is 12.4. The monoisotopic (exact) mass is 630 g/mol. The number of hydrogen-bond donors (Lipinski definition) is 0. The van der Waals surface area contributed by atoms with Gasteiger partial charge in [-0.2, -0.15) is 31.2 Å². The van der Waals surface area contributed by atoms with Gasteiger partial charge < -0.3 is 19.2 Å². The Morgan fingerprint density at radius 2 is 1.70 bits per heavy atom. The van der Waals surface area contributed by atoms with Gasteiger partial charge in [-0.15, -0.1) is 0 Å². The summed E-state index contributed by atoms with van der Waals surface area (Å²) in [6.45, 7) is 12.4. The predicted molar refractivity (Wildman–Crippen MR) is 156 cm³/mol. The SMILES string of the molecule is C/C=C(\COCC=O)N(CC)C[C@@H]1C(C)COCC1c1ccccc1C.O=NCCc1cc(C(F)(F)F)cc(C(F)(F)F)c1. The second-order valence-electron chi connectivity index (χ2n) is 10.7. The van der Waals surface area contributed by atoms with Gasteiger partial charge in [0.05, 0.1) is 30.9 Å². The summed E-state index contributed by atoms with van der Waals surface area (Å²) in [4.78, 5) is 22.8. The number of nitrogens with zero attached hydrogens (tertiary/aromatic N) is 2. The minimum Gasteiger partial charge on any atom is -0.381 e. The van der Waals surface area contributed by atoms with Crippen molar-refractivity contribution < 1.29 is 40.6 Å². The molecule has 1 saturated heterocycles. The van der Waals surface area contributed by atoms with Gasteiger partial charge in [0.15, 0.2) is 0 Å². The Balaban J connectivity index is 0.000000329. The number of carbonyl (C=O) groups is 1. The maximum Gasteiger partial charge on any atom is 0.416 e. The number of allylic oxidation sites excluding steroid dienone is 1. The van der Waals surface area contributed by atoms with E-state index in [9.17, 15) is 36.0 Å². The number of aryl methyl sites for hydroxylation is 1. The van der Waals surface area contributed by atoms with Crippen molar-refractivity contribution >= 4 is 6.29 Å². The zero-order valence-corrected chi connectivity index (χ0v) is 25.4. The van der Waals surface area contributed by atoms with Gasteiger partial charge in [0.25, 0.3) is 0 Å². The molecule has 1 heterocycles. The zero-order valence-electron chi connectivity index (χ0n) is 25.4. The van der Waals surface area contributed by atoms with Crippen LogP contribution in [0.25, 0.3) is 0 Å². The Labute approximate surface area is 254 Å². The molecule has 1 aliphatic heterocycles. The van der Waals surface area contributed by atoms with E-state index in [0.29, 0.717) is 36.5 Å². The van der Waals surface area contributed by atoms with Crippen molar-refractivity contribution in [2.24, 2.45) is 17.0 Å². The topological polar surface area (TPSA) is 68.2 Å². The molecule has 12 heteroatoms. The quantitative estimate of drug-likeness (QED) is 0.104. The predicted octanol–water partition coefficient (Wildman–Crippen LogP) is 7.84. The summed E-state index contributed by atoms with van der Waals surface area (Å²) in [5, 5.41) is 2.40. The molecule has 244 valence electrons. The van der Waals surface area contributed by atoms with Crippen LogP contribution in [0.3, 0.4) is 0 Å². The van der Waals surface area contributed by atoms with Crippen LogP contribution < -0.4 is 0 Å². The first-order valence-corrected chi connectivity index (χ1v) is 14.4. The second kappa shape index (κ2) is 17.3. The molecule has 44 heavy (non-hydrogen) atoms. The van der Waals surface area contributed by atoms with Crippen LogP contribution in [-0.2, 0) is 33.0 Å². The second-order valence-corrected chi connectivity index (χ2v) is 10.7. The number of alkyl halides is 6. The minimum absolute atomic E-state index is 0.0395. The highest BCUT2D eigenvalue weighted by atomic mass is 19.4. The van der Waals surface area contributed by atoms with Gasteiger partial charge in [0.1, 0.15) is 12.9 Å². The van der Waals surface area contributed by atoms with Gasteiger partial charge in [0.2, 0.25) is 0 Å². The first-order chi connectivity index (χ1) is 20.8. The van der Waals surface area contributed by atoms with E-state index in [1.807, 2.05) is 6.92 Å². The van der Waals surface area contributed by atoms with Gasteiger partial charge in [-0.25, -0.2) is 0 Å². The van der Waals surface area contributed by atoms with E-state index < -0.39 is 23.5 Å². The summed E-state index contributed by atoms with van der Waals surface area (Å²) in [6.07, 6.45) is -7.11. The molecule has 0 amide bonds. The zero-order chi connectivity index (χ0) is 32.9. The highest BCUT2D eigenvalue weighted by molar-refractivity contribution is 5.50. The molecule has 1 aliphatic rings. The van der Waals surface area contributed by atoms with Crippen LogP contribution in [0.4, 0.5) is 26.3 Å². The summed E-state index contributed by atoms with van der Waals surface area (Å²) < 4.78 is 85.8. The molecule has 6 nitrogen and oxygen atoms in total. The molecule has 0 aliphatic carbocycles. The third kappa shape index (κ3) is 11.0. The largest absolute Gasteiger partial charge is 0.416 e. The molecule has 0 N–H and O–H groups in total. The number of benzene rings is 2. The molecule has 2 aromatic rings. The molecule has 3 rings (SSSR count). The maximum absolute atomic E-state index is 12.4. The van der Waals surface area contributed by atoms with Crippen LogP contribution >= 0.6 is 0 Å². The Kier molecular flexibility index (Phi) is 14.5. The minimum atomic E-state index is -4.87. The van der Waals surface area contributed by atoms with Crippen molar-refractivity contribution in [2.45, 2.75) is 52.4 Å². The fraction of sp³-hybridized carbons (Fsp3) is 0.531. The molecule has 2 unspecified atom stereocenters. The van der Waals surface area contributed by atoms with Crippen molar-refractivity contribution in [1.29, 1.82) is 0 Å². The normalized spacial score (nSPS) is 19.1. The molecular weight excluding hydrogens is 590 g/mol. The summed E-state index contributed by atoms with van der Waals surface area (Å²) in [6, 6.07) is 9.86. The Hall–Kier alpha value is -3.25. The Morgan fingerprint density at radius 3 is 2.23 bits per heavy atom. The smallest absolute Gasteiger partial charge is 0.381 e. The summed E-state index contributed by atoms with van der Waals surface area (Å²) in [5.41, 5.74) is 0.882. The molecule has 0 spiro atoms. The lowest BCUT2D eigenvalue weighted by molar-refractivity contribution is -0.143. The molecule has 1 fully saturated rings. The van der Waals surface area contributed by atoms with E-state index >= 15 is 0 Å². The van der Waals surface area contributed by atoms with Crippen molar-refractivity contribution in [1.82, 2.24) is 4.90 Å². The average molecular weight is 631 g/mol. The van der Waals surface area contributed by atoms with E-state index in [2.05, 4.69) is 61.2 Å². The molecule has 3 atom stereocenters. The van der Waals surface area contributed by atoms with Crippen LogP contribution in [-0.4, -0.2) is 57.2 Å². The van der Waals surface area contributed by atoms with Crippen molar-refractivity contribution in [3.63, 3.8) is 0 Å². The van der Waals surface area contributed by atoms with E-state index in [4.69, 9.17) is 9.47 Å². The number of likely N-dealkylation sites (N-methyl/N-ethyl adjacent to an activating group) is 1. The standard InChI is InChI=1S/C22H33NO3.C10H7F6NO/c1-5-19(15-25-12-11-24)23(6-2)13-21-18(4)14-26-16-22(21)20-10-8-7-9-17(20)3;11-9(12,13)7-3-6(1-2-17-18)4-8(5-7)10(14,15)16/h5,7-11,18,21-22H,6,12-16H2,1-4H3;3-5H,1-2H2/b19-5+;/t18?,21-,22?;/m1./s1. The lowest BCUT2D eigenvalue weighted by Crippen LogP contribution is -2.41. The number of nitroso groups, excluding NO2 is 1. The number of ether oxygens (including phenoxy) is 2. The van der Waals surface area contributed by atoms with Crippen LogP contribution in [0.15, 0.2) is 59.4 Å². The highest BCUT2D eigenvalue weighted by Gasteiger charge is 2.37. The lowest BCUT2D eigenvalue weighted by Gasteiger charge is -2.41. The van der Waals surface area contributed by atoms with Gasteiger partial charge in [-0.1, -0.05) is 42.4 Å². The first kappa shape index (κ1) is 36.9. The number of aldehydes is 1. The van der Waals surface area contributed by atoms with Crippen molar-refractivity contribution in [3.05, 3.63) is 87.0 Å². The van der Waals surface area contributed by atoms with Gasteiger partial charge in [-0.3, -0.25) is 0 Å². The third-order valence-electron chi connectivity index (χ3n) is 7.64. The summed E-state index contributed by atoms with van der Waals surface area (Å²) in [7, 11) is 0. The molecule has 0 bridgehead atoms. The number of hydrogen-bond acceptors (Lipinski definition) is 6. The molecule has 0 aromatic heterocycles. The first-order valence-electron chi connectivity index (χ1n) is 14.4. The van der Waals surface area contributed by atoms with E-state index in [1.54, 1.807) is 0 Å². The van der Waals surface area contributed by atoms with Gasteiger partial charge >= 0.3 is 12.4 Å². The third-order valence-corrected chi connectivity index (χ3v) is 7.64. The number of carbonyl (C=O) groups excluding carboxylic acids is 1. The summed E-state index contributed by atoms with van der Waals surface area (Å²) >= 11 is 0. The molecular formula is C32H40F6N2O4. The van der Waals surface area contributed by atoms with Crippen LogP contribution in [0.2, 0.25) is 0 Å². The number of rotatable bonds is 12. The van der Waals surface area contributed by atoms with Gasteiger partial charge in [0, 0.05) is 31.3 Å². The van der Waals surface area contributed by atoms with Crippen molar-refractivity contribution in [3.8, 4) is 0 Å². The Bertz CT molecular complexity index is 1200. The lowest BCUT2D eigenvalue weighted by atomic mass is 9.76. The molecule has 0 saturated carbocycles. The molecule has 0 radical (unpaired) electrons. The van der Waals surface area contributed by atoms with Crippen LogP contribution in [0.1, 0.15) is 54.5 Å². The fourth-order valence-electron chi connectivity index (χ4n) is 5.27. The number of halogens is 6.